The number of allylic oxidation sites excluding steroid dienone is 2. The summed E-state index contributed by atoms with van der Waals surface area (Å²) in [6, 6.07) is 0. The molecular formula is C10H18N2. The summed E-state index contributed by atoms with van der Waals surface area (Å²) in [6.07, 6.45) is 3.96. The highest BCUT2D eigenvalue weighted by Crippen LogP contribution is 2.04. The quantitative estimate of drug-likeness (QED) is 0.357. The minimum absolute atomic E-state index is 0.909. The molecule has 0 unspecified atom stereocenters. The smallest absolute Gasteiger partial charge is 0.0998 e. The fourth-order valence-electron chi connectivity index (χ4n) is 1.04. The summed E-state index contributed by atoms with van der Waals surface area (Å²) < 4.78 is 0. The van der Waals surface area contributed by atoms with Crippen molar-refractivity contribution >= 4 is 5.84 Å². The Balaban J connectivity index is 4.45. The Morgan fingerprint density at radius 2 is 2.17 bits per heavy atom. The molecule has 0 aromatic carbocycles. The van der Waals surface area contributed by atoms with Crippen LogP contribution in [0.15, 0.2) is 29.4 Å². The van der Waals surface area contributed by atoms with Gasteiger partial charge in [-0.15, -0.1) is 0 Å². The third-order valence-corrected chi connectivity index (χ3v) is 1.74. The molecule has 0 aliphatic carbocycles. The van der Waals surface area contributed by atoms with Crippen molar-refractivity contribution in [1.29, 1.82) is 0 Å². The number of amidine groups is 1. The standard InChI is InChI=1S/C10H18N2/c1-6-8-9(3)12(7-2)10(4)11-5/h6,8H,3,7H2,1-2,4-5H3. The van der Waals surface area contributed by atoms with Crippen LogP contribution in [0.2, 0.25) is 0 Å². The van der Waals surface area contributed by atoms with Crippen molar-refractivity contribution in [3.8, 4) is 0 Å². The van der Waals surface area contributed by atoms with Crippen molar-refractivity contribution in [2.45, 2.75) is 20.8 Å². The average molecular weight is 166 g/mol. The third-order valence-electron chi connectivity index (χ3n) is 1.74. The van der Waals surface area contributed by atoms with Crippen LogP contribution in [0.25, 0.3) is 0 Å². The lowest BCUT2D eigenvalue weighted by Gasteiger charge is -2.22. The van der Waals surface area contributed by atoms with Crippen molar-refractivity contribution in [3.63, 3.8) is 0 Å². The van der Waals surface area contributed by atoms with Crippen LogP contribution >= 0.6 is 0 Å². The van der Waals surface area contributed by atoms with Gasteiger partial charge in [-0.3, -0.25) is 4.99 Å². The number of rotatable bonds is 3. The van der Waals surface area contributed by atoms with Crippen LogP contribution in [0.3, 0.4) is 0 Å². The molecule has 0 fully saturated rings. The maximum atomic E-state index is 4.11. The summed E-state index contributed by atoms with van der Waals surface area (Å²) in [7, 11) is 1.79. The monoisotopic (exact) mass is 166 g/mol. The van der Waals surface area contributed by atoms with E-state index in [0.717, 1.165) is 18.1 Å². The average Bonchev–Trinajstić information content (AvgIpc) is 2.06. The number of hydrogen-bond acceptors (Lipinski definition) is 1. The summed E-state index contributed by atoms with van der Waals surface area (Å²) in [5, 5.41) is 0. The van der Waals surface area contributed by atoms with Crippen LogP contribution < -0.4 is 0 Å². The van der Waals surface area contributed by atoms with E-state index in [9.17, 15) is 0 Å². The van der Waals surface area contributed by atoms with Gasteiger partial charge >= 0.3 is 0 Å². The molecule has 0 saturated carbocycles. The van der Waals surface area contributed by atoms with E-state index < -0.39 is 0 Å². The molecule has 0 aliphatic heterocycles. The van der Waals surface area contributed by atoms with E-state index in [-0.39, 0.29) is 0 Å². The maximum absolute atomic E-state index is 4.11. The molecule has 0 aromatic heterocycles. The van der Waals surface area contributed by atoms with E-state index >= 15 is 0 Å². The lowest BCUT2D eigenvalue weighted by molar-refractivity contribution is 0.556. The van der Waals surface area contributed by atoms with Gasteiger partial charge < -0.3 is 4.90 Å². The van der Waals surface area contributed by atoms with Gasteiger partial charge in [-0.2, -0.15) is 0 Å². The fourth-order valence-corrected chi connectivity index (χ4v) is 1.04. The normalized spacial score (nSPS) is 12.2. The first-order valence-corrected chi connectivity index (χ1v) is 4.19. The molecular weight excluding hydrogens is 148 g/mol. The minimum atomic E-state index is 0.909. The molecule has 68 valence electrons. The Morgan fingerprint density at radius 1 is 1.58 bits per heavy atom. The summed E-state index contributed by atoms with van der Waals surface area (Å²) in [5.74, 6) is 1.00. The Labute approximate surface area is 75.3 Å². The van der Waals surface area contributed by atoms with Crippen molar-refractivity contribution in [3.05, 3.63) is 24.4 Å². The Morgan fingerprint density at radius 3 is 2.50 bits per heavy atom. The van der Waals surface area contributed by atoms with Gasteiger partial charge in [0, 0.05) is 19.3 Å². The topological polar surface area (TPSA) is 15.6 Å². The molecule has 0 atom stereocenters. The summed E-state index contributed by atoms with van der Waals surface area (Å²) >= 11 is 0. The van der Waals surface area contributed by atoms with Gasteiger partial charge in [0.05, 0.1) is 5.84 Å². The van der Waals surface area contributed by atoms with Crippen LogP contribution in [0.1, 0.15) is 20.8 Å². The van der Waals surface area contributed by atoms with Gasteiger partial charge in [-0.25, -0.2) is 0 Å². The molecule has 0 amide bonds. The largest absolute Gasteiger partial charge is 0.331 e. The van der Waals surface area contributed by atoms with E-state index in [4.69, 9.17) is 0 Å². The van der Waals surface area contributed by atoms with Crippen molar-refractivity contribution in [1.82, 2.24) is 4.90 Å². The van der Waals surface area contributed by atoms with Gasteiger partial charge in [0.2, 0.25) is 0 Å². The van der Waals surface area contributed by atoms with Crippen LogP contribution in [-0.4, -0.2) is 24.3 Å². The number of aliphatic imine (C=N–C) groups is 1. The first kappa shape index (κ1) is 11.0. The molecule has 2 nitrogen and oxygen atoms in total. The van der Waals surface area contributed by atoms with Gasteiger partial charge in [-0.1, -0.05) is 12.7 Å². The molecule has 0 saturated heterocycles. The number of hydrogen-bond donors (Lipinski definition) is 0. The zero-order valence-corrected chi connectivity index (χ0v) is 8.46. The Bertz CT molecular complexity index is 202. The van der Waals surface area contributed by atoms with E-state index in [2.05, 4.69) is 23.4 Å². The molecule has 0 heterocycles. The van der Waals surface area contributed by atoms with Crippen LogP contribution in [0, 0.1) is 0 Å². The molecule has 0 bridgehead atoms. The lowest BCUT2D eigenvalue weighted by Crippen LogP contribution is -2.26. The summed E-state index contributed by atoms with van der Waals surface area (Å²) in [6.45, 7) is 10.9. The van der Waals surface area contributed by atoms with Crippen molar-refractivity contribution in [2.75, 3.05) is 13.6 Å². The first-order chi connectivity index (χ1) is 5.67. The van der Waals surface area contributed by atoms with Crippen LogP contribution in [0.5, 0.6) is 0 Å². The molecule has 0 N–H and O–H groups in total. The van der Waals surface area contributed by atoms with E-state index in [1.54, 1.807) is 7.05 Å². The van der Waals surface area contributed by atoms with Gasteiger partial charge in [0.15, 0.2) is 0 Å². The lowest BCUT2D eigenvalue weighted by atomic mass is 10.3. The second-order valence-corrected chi connectivity index (χ2v) is 2.51. The second-order valence-electron chi connectivity index (χ2n) is 2.51. The summed E-state index contributed by atoms with van der Waals surface area (Å²) in [4.78, 5) is 6.18. The van der Waals surface area contributed by atoms with Gasteiger partial charge in [0.1, 0.15) is 0 Å². The van der Waals surface area contributed by atoms with E-state index in [1.807, 2.05) is 26.0 Å². The molecule has 0 radical (unpaired) electrons. The zero-order chi connectivity index (χ0) is 9.56. The van der Waals surface area contributed by atoms with Gasteiger partial charge in [-0.05, 0) is 26.8 Å². The molecule has 0 rings (SSSR count). The maximum Gasteiger partial charge on any atom is 0.0998 e. The van der Waals surface area contributed by atoms with E-state index in [1.165, 1.54) is 0 Å². The molecule has 0 aliphatic rings. The minimum Gasteiger partial charge on any atom is -0.331 e. The molecule has 0 spiro atoms. The second kappa shape index (κ2) is 5.58. The van der Waals surface area contributed by atoms with Crippen LogP contribution in [-0.2, 0) is 0 Å². The molecule has 12 heavy (non-hydrogen) atoms. The number of nitrogens with zero attached hydrogens (tertiary/aromatic N) is 2. The fraction of sp³-hybridized carbons (Fsp3) is 0.500. The molecule has 0 aromatic rings. The molecule has 2 heteroatoms. The third kappa shape index (κ3) is 2.91. The van der Waals surface area contributed by atoms with Crippen molar-refractivity contribution < 1.29 is 0 Å². The highest BCUT2D eigenvalue weighted by Gasteiger charge is 2.03. The Kier molecular flexibility index (Phi) is 5.09. The SMILES string of the molecule is C=C(C=CC)N(CC)C(C)=NC. The highest BCUT2D eigenvalue weighted by atomic mass is 15.2. The predicted molar refractivity (Wildman–Crippen MR) is 55.4 cm³/mol. The highest BCUT2D eigenvalue weighted by molar-refractivity contribution is 5.81. The summed E-state index contributed by atoms with van der Waals surface area (Å²) in [5.41, 5.74) is 0.989. The van der Waals surface area contributed by atoms with E-state index in [0.29, 0.717) is 0 Å². The first-order valence-electron chi connectivity index (χ1n) is 4.19. The van der Waals surface area contributed by atoms with Crippen LogP contribution in [0.4, 0.5) is 0 Å². The number of likely N-dealkylation sites (N-methyl/N-ethyl adjacent to an activating group) is 1. The predicted octanol–water partition coefficient (Wildman–Crippen LogP) is 2.45. The van der Waals surface area contributed by atoms with Gasteiger partial charge in [0.25, 0.3) is 0 Å². The Hall–Kier alpha value is -1.05. The van der Waals surface area contributed by atoms with Crippen molar-refractivity contribution in [2.24, 2.45) is 4.99 Å². The zero-order valence-electron chi connectivity index (χ0n) is 8.46.